The lowest BCUT2D eigenvalue weighted by molar-refractivity contribution is 0.312. The van der Waals surface area contributed by atoms with Crippen molar-refractivity contribution in [1.29, 1.82) is 0 Å². The number of nitrogens with zero attached hydrogens (tertiary/aromatic N) is 1. The minimum Gasteiger partial charge on any atom is -0.459 e. The fourth-order valence-electron chi connectivity index (χ4n) is 3.24. The van der Waals surface area contributed by atoms with Crippen LogP contribution >= 0.6 is 0 Å². The van der Waals surface area contributed by atoms with Gasteiger partial charge < -0.3 is 9.73 Å². The second-order valence-electron chi connectivity index (χ2n) is 5.83. The highest BCUT2D eigenvalue weighted by molar-refractivity contribution is 5.82. The normalized spacial score (nSPS) is 20.0. The van der Waals surface area contributed by atoms with Gasteiger partial charge in [0.2, 0.25) is 0 Å². The van der Waals surface area contributed by atoms with Gasteiger partial charge in [-0.2, -0.15) is 0 Å². The van der Waals surface area contributed by atoms with Crippen LogP contribution in [0.25, 0.3) is 11.0 Å². The van der Waals surface area contributed by atoms with Crippen LogP contribution in [0.3, 0.4) is 0 Å². The summed E-state index contributed by atoms with van der Waals surface area (Å²) in [5.41, 5.74) is 2.38. The minimum absolute atomic E-state index is 0.801. The number of likely N-dealkylation sites (tertiary alicyclic amines) is 1. The van der Waals surface area contributed by atoms with Crippen molar-refractivity contribution in [3.8, 4) is 0 Å². The van der Waals surface area contributed by atoms with E-state index in [2.05, 4.69) is 35.3 Å². The van der Waals surface area contributed by atoms with Gasteiger partial charge in [0.1, 0.15) is 11.3 Å². The molecule has 108 valence electrons. The predicted molar refractivity (Wildman–Crippen MR) is 82.7 cm³/mol. The third-order valence-electron chi connectivity index (χ3n) is 4.45. The summed E-state index contributed by atoms with van der Waals surface area (Å²) in [4.78, 5) is 2.57. The highest BCUT2D eigenvalue weighted by Crippen LogP contribution is 2.29. The van der Waals surface area contributed by atoms with Gasteiger partial charge in [0, 0.05) is 24.0 Å². The topological polar surface area (TPSA) is 28.4 Å². The second-order valence-corrected chi connectivity index (χ2v) is 5.83. The first-order valence-corrected chi connectivity index (χ1v) is 7.68. The molecule has 1 aliphatic rings. The lowest BCUT2D eigenvalue weighted by Gasteiger charge is -2.16. The summed E-state index contributed by atoms with van der Waals surface area (Å²) >= 11 is 0. The zero-order valence-electron chi connectivity index (χ0n) is 12.5. The first kappa shape index (κ1) is 13.7. The van der Waals surface area contributed by atoms with E-state index in [-0.39, 0.29) is 0 Å². The summed E-state index contributed by atoms with van der Waals surface area (Å²) in [6, 6.07) is 8.39. The Bertz CT molecular complexity index is 575. The summed E-state index contributed by atoms with van der Waals surface area (Å²) in [6.45, 7) is 6.57. The molecule has 3 nitrogen and oxygen atoms in total. The summed E-state index contributed by atoms with van der Waals surface area (Å²) < 4.78 is 6.01. The Kier molecular flexibility index (Phi) is 4.08. The molecular weight excluding hydrogens is 248 g/mol. The molecule has 1 aromatic carbocycles. The number of rotatable bonds is 5. The van der Waals surface area contributed by atoms with Crippen molar-refractivity contribution >= 4 is 11.0 Å². The van der Waals surface area contributed by atoms with E-state index < -0.39 is 0 Å². The summed E-state index contributed by atoms with van der Waals surface area (Å²) in [5, 5.41) is 4.49. The molecule has 1 fully saturated rings. The first-order valence-electron chi connectivity index (χ1n) is 7.68. The molecule has 1 atom stereocenters. The average molecular weight is 272 g/mol. The Morgan fingerprint density at radius 1 is 1.35 bits per heavy atom. The largest absolute Gasteiger partial charge is 0.459 e. The lowest BCUT2D eigenvalue weighted by Crippen LogP contribution is -2.21. The standard InChI is InChI=1S/C17H24N2O/c1-3-13-8-9-19(11-13)12-15-14-6-4-5-7-16(14)20-17(15)10-18-2/h4-7,13,18H,3,8-12H2,1-2H3. The fraction of sp³-hybridized carbons (Fsp3) is 0.529. The number of hydrogen-bond donors (Lipinski definition) is 1. The maximum Gasteiger partial charge on any atom is 0.134 e. The van der Waals surface area contributed by atoms with Gasteiger partial charge in [-0.25, -0.2) is 0 Å². The number of nitrogens with one attached hydrogen (secondary N) is 1. The molecule has 0 saturated carbocycles. The summed E-state index contributed by atoms with van der Waals surface area (Å²) in [6.07, 6.45) is 2.64. The molecule has 1 N–H and O–H groups in total. The van der Waals surface area contributed by atoms with E-state index in [0.717, 1.165) is 30.4 Å². The van der Waals surface area contributed by atoms with Gasteiger partial charge in [-0.15, -0.1) is 0 Å². The quantitative estimate of drug-likeness (QED) is 0.904. The van der Waals surface area contributed by atoms with Crippen molar-refractivity contribution < 1.29 is 4.42 Å². The van der Waals surface area contributed by atoms with Crippen LogP contribution in [-0.4, -0.2) is 25.0 Å². The van der Waals surface area contributed by atoms with Crippen molar-refractivity contribution in [2.75, 3.05) is 20.1 Å². The molecule has 2 aromatic rings. The van der Waals surface area contributed by atoms with Crippen LogP contribution in [0.1, 0.15) is 31.1 Å². The van der Waals surface area contributed by atoms with Crippen LogP contribution in [0.15, 0.2) is 28.7 Å². The Morgan fingerprint density at radius 2 is 2.20 bits per heavy atom. The van der Waals surface area contributed by atoms with Crippen molar-refractivity contribution in [2.24, 2.45) is 5.92 Å². The first-order chi connectivity index (χ1) is 9.81. The monoisotopic (exact) mass is 272 g/mol. The number of fused-ring (bicyclic) bond motifs is 1. The van der Waals surface area contributed by atoms with Crippen molar-refractivity contribution in [1.82, 2.24) is 10.2 Å². The van der Waals surface area contributed by atoms with E-state index in [4.69, 9.17) is 4.42 Å². The van der Waals surface area contributed by atoms with Gasteiger partial charge in [-0.3, -0.25) is 4.90 Å². The minimum atomic E-state index is 0.801. The summed E-state index contributed by atoms with van der Waals surface area (Å²) in [7, 11) is 1.97. The molecule has 3 heteroatoms. The number of benzene rings is 1. The van der Waals surface area contributed by atoms with E-state index in [1.807, 2.05) is 13.1 Å². The Balaban J connectivity index is 1.87. The van der Waals surface area contributed by atoms with Gasteiger partial charge >= 0.3 is 0 Å². The molecule has 0 amide bonds. The molecule has 1 saturated heterocycles. The van der Waals surface area contributed by atoms with E-state index in [9.17, 15) is 0 Å². The smallest absolute Gasteiger partial charge is 0.134 e. The zero-order valence-corrected chi connectivity index (χ0v) is 12.5. The average Bonchev–Trinajstić information content (AvgIpc) is 3.05. The van der Waals surface area contributed by atoms with Crippen LogP contribution in [0, 0.1) is 5.92 Å². The van der Waals surface area contributed by atoms with E-state index in [1.54, 1.807) is 0 Å². The molecule has 2 heterocycles. The van der Waals surface area contributed by atoms with E-state index in [0.29, 0.717) is 0 Å². The Labute approximate surface area is 120 Å². The number of hydrogen-bond acceptors (Lipinski definition) is 3. The highest BCUT2D eigenvalue weighted by Gasteiger charge is 2.23. The van der Waals surface area contributed by atoms with Gasteiger partial charge in [0.25, 0.3) is 0 Å². The molecule has 1 aromatic heterocycles. The fourth-order valence-corrected chi connectivity index (χ4v) is 3.24. The molecule has 0 radical (unpaired) electrons. The Hall–Kier alpha value is -1.32. The van der Waals surface area contributed by atoms with Crippen LogP contribution in [0.2, 0.25) is 0 Å². The molecule has 20 heavy (non-hydrogen) atoms. The van der Waals surface area contributed by atoms with Crippen LogP contribution in [0.5, 0.6) is 0 Å². The van der Waals surface area contributed by atoms with E-state index in [1.165, 1.54) is 36.9 Å². The van der Waals surface area contributed by atoms with Crippen molar-refractivity contribution in [3.63, 3.8) is 0 Å². The third kappa shape index (κ3) is 2.60. The maximum absolute atomic E-state index is 6.01. The molecule has 1 aliphatic heterocycles. The lowest BCUT2D eigenvalue weighted by atomic mass is 10.1. The van der Waals surface area contributed by atoms with Crippen molar-refractivity contribution in [2.45, 2.75) is 32.9 Å². The zero-order chi connectivity index (χ0) is 13.9. The molecule has 0 bridgehead atoms. The summed E-state index contributed by atoms with van der Waals surface area (Å²) in [5.74, 6) is 1.97. The maximum atomic E-state index is 6.01. The van der Waals surface area contributed by atoms with Gasteiger partial charge in [-0.1, -0.05) is 31.5 Å². The molecule has 1 unspecified atom stereocenters. The molecule has 0 spiro atoms. The second kappa shape index (κ2) is 5.98. The highest BCUT2D eigenvalue weighted by atomic mass is 16.3. The van der Waals surface area contributed by atoms with Crippen LogP contribution in [0.4, 0.5) is 0 Å². The van der Waals surface area contributed by atoms with Gasteiger partial charge in [-0.05, 0) is 32.0 Å². The predicted octanol–water partition coefficient (Wildman–Crippen LogP) is 3.38. The number of para-hydroxylation sites is 1. The molecule has 3 rings (SSSR count). The van der Waals surface area contributed by atoms with E-state index >= 15 is 0 Å². The van der Waals surface area contributed by atoms with Crippen LogP contribution in [-0.2, 0) is 13.1 Å². The molecular formula is C17H24N2O. The van der Waals surface area contributed by atoms with Gasteiger partial charge in [0.05, 0.1) is 6.54 Å². The Morgan fingerprint density at radius 3 is 2.95 bits per heavy atom. The van der Waals surface area contributed by atoms with Crippen molar-refractivity contribution in [3.05, 3.63) is 35.6 Å². The SMILES string of the molecule is CCC1CCN(Cc2c(CNC)oc3ccccc23)C1. The van der Waals surface area contributed by atoms with Crippen LogP contribution < -0.4 is 5.32 Å². The number of furan rings is 1. The molecule has 0 aliphatic carbocycles. The third-order valence-corrected chi connectivity index (χ3v) is 4.45. The van der Waals surface area contributed by atoms with Gasteiger partial charge in [0.15, 0.2) is 0 Å².